The van der Waals surface area contributed by atoms with Crippen LogP contribution in [0.5, 0.6) is 0 Å². The molecule has 4 rings (SSSR count). The van der Waals surface area contributed by atoms with E-state index in [9.17, 15) is 13.2 Å². The number of nitrogens with two attached hydrogens (primary N) is 1. The predicted octanol–water partition coefficient (Wildman–Crippen LogP) is 7.56. The Hall–Kier alpha value is -2.48. The average Bonchev–Trinajstić information content (AvgIpc) is 3.18. The summed E-state index contributed by atoms with van der Waals surface area (Å²) in [5, 5.41) is 5.60. The number of aromatic nitrogens is 1. The summed E-state index contributed by atoms with van der Waals surface area (Å²) < 4.78 is 44.0. The Balaban J connectivity index is 1.99. The van der Waals surface area contributed by atoms with Crippen LogP contribution in [0.25, 0.3) is 28.2 Å². The minimum Gasteiger partial charge on any atom is -0.309 e. The third-order valence-corrected chi connectivity index (χ3v) is 5.83. The van der Waals surface area contributed by atoms with Crippen molar-refractivity contribution >= 4 is 27.9 Å². The first-order valence-electron chi connectivity index (χ1n) is 9.00. The zero-order chi connectivity index (χ0) is 21.3. The second-order valence-corrected chi connectivity index (χ2v) is 8.23. The van der Waals surface area contributed by atoms with Crippen LogP contribution in [0.15, 0.2) is 94.3 Å². The molecule has 0 amide bonds. The number of hydrogen-bond donors (Lipinski definition) is 1. The van der Waals surface area contributed by atoms with Crippen LogP contribution in [0.4, 0.5) is 13.2 Å². The van der Waals surface area contributed by atoms with Gasteiger partial charge in [-0.15, -0.1) is 0 Å². The number of alkyl halides is 3. The number of rotatable bonds is 4. The van der Waals surface area contributed by atoms with Crippen LogP contribution >= 0.6 is 27.9 Å². The van der Waals surface area contributed by atoms with Crippen molar-refractivity contribution in [2.45, 2.75) is 11.1 Å². The number of halogens is 4. The summed E-state index contributed by atoms with van der Waals surface area (Å²) in [6, 6.07) is 24.3. The fourth-order valence-electron chi connectivity index (χ4n) is 3.38. The molecule has 30 heavy (non-hydrogen) atoms. The van der Waals surface area contributed by atoms with E-state index in [1.165, 1.54) is 12.1 Å². The largest absolute Gasteiger partial charge is 0.418 e. The molecule has 0 unspecified atom stereocenters. The highest BCUT2D eigenvalue weighted by molar-refractivity contribution is 9.10. The average molecular weight is 489 g/mol. The summed E-state index contributed by atoms with van der Waals surface area (Å²) in [6.45, 7) is 0. The van der Waals surface area contributed by atoms with E-state index in [0.29, 0.717) is 11.4 Å². The van der Waals surface area contributed by atoms with Gasteiger partial charge in [0.1, 0.15) is 0 Å². The quantitative estimate of drug-likeness (QED) is 0.300. The van der Waals surface area contributed by atoms with Gasteiger partial charge in [-0.2, -0.15) is 13.2 Å². The second kappa shape index (κ2) is 8.34. The summed E-state index contributed by atoms with van der Waals surface area (Å²) in [7, 11) is 0. The molecule has 0 spiro atoms. The molecule has 4 aromatic rings. The standard InChI is InChI=1S/C23H16BrF3N2S/c24-17-9-5-15(6-10-17)20-13-14-21(16-7-11-18(30-28)12-8-16)29(20)22-4-2-1-3-19(22)23(25,26)27/h1-14H,28H2. The highest BCUT2D eigenvalue weighted by Crippen LogP contribution is 2.39. The van der Waals surface area contributed by atoms with E-state index in [2.05, 4.69) is 15.9 Å². The van der Waals surface area contributed by atoms with Crippen LogP contribution in [0.1, 0.15) is 5.56 Å². The number of para-hydroxylation sites is 1. The van der Waals surface area contributed by atoms with Crippen molar-refractivity contribution in [1.29, 1.82) is 0 Å². The molecule has 0 bridgehead atoms. The molecular weight excluding hydrogens is 473 g/mol. The molecule has 0 atom stereocenters. The molecule has 152 valence electrons. The number of hydrogen-bond acceptors (Lipinski definition) is 2. The third kappa shape index (κ3) is 4.05. The Morgan fingerprint density at radius 3 is 1.80 bits per heavy atom. The molecule has 0 aliphatic rings. The maximum absolute atomic E-state index is 13.8. The summed E-state index contributed by atoms with van der Waals surface area (Å²) in [4.78, 5) is 0.876. The van der Waals surface area contributed by atoms with Crippen molar-refractivity contribution in [3.05, 3.63) is 95.0 Å². The van der Waals surface area contributed by atoms with E-state index in [-0.39, 0.29) is 5.69 Å². The van der Waals surface area contributed by atoms with Crippen LogP contribution in [0.3, 0.4) is 0 Å². The van der Waals surface area contributed by atoms with E-state index in [0.717, 1.165) is 38.5 Å². The van der Waals surface area contributed by atoms with Crippen molar-refractivity contribution in [3.8, 4) is 28.2 Å². The molecular formula is C23H16BrF3N2S. The van der Waals surface area contributed by atoms with E-state index >= 15 is 0 Å². The number of benzene rings is 3. The lowest BCUT2D eigenvalue weighted by Crippen LogP contribution is -2.12. The third-order valence-electron chi connectivity index (χ3n) is 4.76. The van der Waals surface area contributed by atoms with Crippen molar-refractivity contribution in [1.82, 2.24) is 4.57 Å². The monoisotopic (exact) mass is 488 g/mol. The first kappa shape index (κ1) is 20.8. The molecule has 1 heterocycles. The van der Waals surface area contributed by atoms with Gasteiger partial charge in [-0.25, -0.2) is 0 Å². The predicted molar refractivity (Wildman–Crippen MR) is 119 cm³/mol. The smallest absolute Gasteiger partial charge is 0.309 e. The topological polar surface area (TPSA) is 30.9 Å². The fourth-order valence-corrected chi connectivity index (χ4v) is 3.94. The lowest BCUT2D eigenvalue weighted by Gasteiger charge is -2.19. The molecule has 0 saturated heterocycles. The van der Waals surface area contributed by atoms with Crippen molar-refractivity contribution in [3.63, 3.8) is 0 Å². The first-order valence-corrected chi connectivity index (χ1v) is 10.7. The fraction of sp³-hybridized carbons (Fsp3) is 0.0435. The SMILES string of the molecule is NSc1ccc(-c2ccc(-c3ccc(Br)cc3)n2-c2ccccc2C(F)(F)F)cc1. The first-order chi connectivity index (χ1) is 14.4. The zero-order valence-corrected chi connectivity index (χ0v) is 17.9. The van der Waals surface area contributed by atoms with Gasteiger partial charge in [-0.3, -0.25) is 5.14 Å². The molecule has 0 aliphatic heterocycles. The van der Waals surface area contributed by atoms with Gasteiger partial charge in [0, 0.05) is 9.37 Å². The molecule has 0 saturated carbocycles. The molecule has 0 aliphatic carbocycles. The summed E-state index contributed by atoms with van der Waals surface area (Å²) in [5.41, 5.74) is 2.35. The lowest BCUT2D eigenvalue weighted by molar-refractivity contribution is -0.137. The van der Waals surface area contributed by atoms with Crippen LogP contribution < -0.4 is 5.14 Å². The molecule has 7 heteroatoms. The Kier molecular flexibility index (Phi) is 5.77. The molecule has 0 radical (unpaired) electrons. The van der Waals surface area contributed by atoms with E-state index in [4.69, 9.17) is 5.14 Å². The lowest BCUT2D eigenvalue weighted by atomic mass is 10.1. The van der Waals surface area contributed by atoms with E-state index in [1.54, 1.807) is 10.6 Å². The maximum Gasteiger partial charge on any atom is 0.418 e. The Morgan fingerprint density at radius 1 is 0.733 bits per heavy atom. The highest BCUT2D eigenvalue weighted by atomic mass is 79.9. The van der Waals surface area contributed by atoms with Gasteiger partial charge < -0.3 is 4.57 Å². The van der Waals surface area contributed by atoms with Crippen LogP contribution in [0, 0.1) is 0 Å². The van der Waals surface area contributed by atoms with Gasteiger partial charge in [0.2, 0.25) is 0 Å². The summed E-state index contributed by atoms with van der Waals surface area (Å²) >= 11 is 4.53. The van der Waals surface area contributed by atoms with Crippen molar-refractivity contribution < 1.29 is 13.2 Å². The van der Waals surface area contributed by atoms with Crippen LogP contribution in [0.2, 0.25) is 0 Å². The van der Waals surface area contributed by atoms with Crippen molar-refractivity contribution in [2.75, 3.05) is 0 Å². The minimum atomic E-state index is -4.48. The maximum atomic E-state index is 13.8. The van der Waals surface area contributed by atoms with Gasteiger partial charge >= 0.3 is 6.18 Å². The zero-order valence-electron chi connectivity index (χ0n) is 15.5. The Morgan fingerprint density at radius 2 is 1.27 bits per heavy atom. The minimum absolute atomic E-state index is 0.0835. The second-order valence-electron chi connectivity index (χ2n) is 6.60. The number of nitrogens with zero attached hydrogens (tertiary/aromatic N) is 1. The highest BCUT2D eigenvalue weighted by Gasteiger charge is 2.34. The van der Waals surface area contributed by atoms with E-state index < -0.39 is 11.7 Å². The Bertz CT molecular complexity index is 1170. The molecule has 3 aromatic carbocycles. The van der Waals surface area contributed by atoms with Crippen molar-refractivity contribution in [2.24, 2.45) is 5.14 Å². The van der Waals surface area contributed by atoms with Crippen LogP contribution in [-0.2, 0) is 6.18 Å². The molecule has 2 N–H and O–H groups in total. The molecule has 1 aromatic heterocycles. The molecule has 0 fully saturated rings. The van der Waals surface area contributed by atoms with Gasteiger partial charge in [0.05, 0.1) is 22.6 Å². The molecule has 2 nitrogen and oxygen atoms in total. The van der Waals surface area contributed by atoms with Gasteiger partial charge in [-0.1, -0.05) is 52.3 Å². The summed E-state index contributed by atoms with van der Waals surface area (Å²) in [5.74, 6) is 0. The Labute approximate surface area is 184 Å². The van der Waals surface area contributed by atoms with E-state index in [1.807, 2.05) is 60.7 Å². The van der Waals surface area contributed by atoms with Gasteiger partial charge in [0.25, 0.3) is 0 Å². The van der Waals surface area contributed by atoms with Crippen LogP contribution in [-0.4, -0.2) is 4.57 Å². The normalized spacial score (nSPS) is 11.6. The summed E-state index contributed by atoms with van der Waals surface area (Å²) in [6.07, 6.45) is -4.48. The van der Waals surface area contributed by atoms with Gasteiger partial charge in [-0.05, 0) is 71.6 Å². The van der Waals surface area contributed by atoms with Gasteiger partial charge in [0.15, 0.2) is 0 Å².